The lowest BCUT2D eigenvalue weighted by molar-refractivity contribution is -0.138. The Balaban J connectivity index is 2.07. The summed E-state index contributed by atoms with van der Waals surface area (Å²) in [5.41, 5.74) is 0.0226. The first-order valence-corrected chi connectivity index (χ1v) is 7.11. The summed E-state index contributed by atoms with van der Waals surface area (Å²) in [6.07, 6.45) is -2.08. The van der Waals surface area contributed by atoms with Crippen LogP contribution < -0.4 is 0 Å². The minimum atomic E-state index is -4.52. The highest BCUT2D eigenvalue weighted by Crippen LogP contribution is 2.36. The zero-order chi connectivity index (χ0) is 15.5. The highest BCUT2D eigenvalue weighted by atomic mass is 32.2. The molecule has 0 amide bonds. The molecule has 0 aliphatic heterocycles. The molecule has 112 valence electrons. The maximum atomic E-state index is 12.4. The Hall–Kier alpha value is -1.75. The van der Waals surface area contributed by atoms with Gasteiger partial charge in [0.15, 0.2) is 10.0 Å². The van der Waals surface area contributed by atoms with Gasteiger partial charge < -0.3 is 4.74 Å². The molecule has 0 N–H and O–H groups in total. The topological polar surface area (TPSA) is 77.9 Å². The van der Waals surface area contributed by atoms with E-state index in [4.69, 9.17) is 4.74 Å². The van der Waals surface area contributed by atoms with Crippen molar-refractivity contribution in [2.24, 2.45) is 0 Å². The second-order valence-electron chi connectivity index (χ2n) is 3.43. The molecule has 0 bridgehead atoms. The molecule has 0 saturated heterocycles. The van der Waals surface area contributed by atoms with E-state index in [1.807, 2.05) is 0 Å². The molecule has 0 aromatic carbocycles. The Labute approximate surface area is 124 Å². The lowest BCUT2D eigenvalue weighted by Gasteiger charge is -2.01. The minimum absolute atomic E-state index is 0.0226. The molecule has 0 saturated carbocycles. The second kappa shape index (κ2) is 6.35. The smallest absolute Gasteiger partial charge is 0.445 e. The average molecular weight is 336 g/mol. The quantitative estimate of drug-likeness (QED) is 0.794. The molecular weight excluding hydrogens is 329 g/mol. The summed E-state index contributed by atoms with van der Waals surface area (Å²) in [4.78, 5) is 19.1. The van der Waals surface area contributed by atoms with E-state index in [1.54, 1.807) is 6.92 Å². The van der Waals surface area contributed by atoms with Gasteiger partial charge in [0.1, 0.15) is 5.03 Å². The zero-order valence-electron chi connectivity index (χ0n) is 10.4. The van der Waals surface area contributed by atoms with Crippen molar-refractivity contribution in [3.8, 4) is 0 Å². The Bertz CT molecular complexity index is 630. The Morgan fingerprint density at radius 1 is 1.33 bits per heavy atom. The fraction of sp³-hybridized carbons (Fsp3) is 0.300. The number of ether oxygens (including phenoxy) is 1. The SMILES string of the molecule is CCOC(=O)c1cnc(Sc2nnc(C(F)(F)F)s2)cn1. The van der Waals surface area contributed by atoms with Crippen LogP contribution in [0.3, 0.4) is 0 Å². The monoisotopic (exact) mass is 336 g/mol. The van der Waals surface area contributed by atoms with Crippen LogP contribution in [0.15, 0.2) is 21.8 Å². The standard InChI is InChI=1S/C10H7F3N4O2S2/c1-2-19-7(18)5-3-15-6(4-14-5)20-9-17-16-8(21-9)10(11,12)13/h3-4H,2H2,1H3. The van der Waals surface area contributed by atoms with E-state index < -0.39 is 17.2 Å². The Morgan fingerprint density at radius 2 is 2.10 bits per heavy atom. The largest absolute Gasteiger partial charge is 0.461 e. The number of halogens is 3. The van der Waals surface area contributed by atoms with E-state index in [0.29, 0.717) is 16.4 Å². The van der Waals surface area contributed by atoms with Crippen LogP contribution in [0.1, 0.15) is 22.4 Å². The molecule has 0 aliphatic carbocycles. The van der Waals surface area contributed by atoms with Crippen molar-refractivity contribution < 1.29 is 22.7 Å². The van der Waals surface area contributed by atoms with E-state index in [9.17, 15) is 18.0 Å². The van der Waals surface area contributed by atoms with E-state index in [2.05, 4.69) is 20.2 Å². The molecule has 6 nitrogen and oxygen atoms in total. The summed E-state index contributed by atoms with van der Waals surface area (Å²) >= 11 is 1.29. The molecule has 2 rings (SSSR count). The van der Waals surface area contributed by atoms with Gasteiger partial charge in [-0.15, -0.1) is 10.2 Å². The molecule has 0 aliphatic rings. The lowest BCUT2D eigenvalue weighted by atomic mass is 10.5. The first-order chi connectivity index (χ1) is 9.90. The van der Waals surface area contributed by atoms with Crippen molar-refractivity contribution in [1.82, 2.24) is 20.2 Å². The summed E-state index contributed by atoms with van der Waals surface area (Å²) in [5.74, 6) is -0.614. The maximum absolute atomic E-state index is 12.4. The van der Waals surface area contributed by atoms with Crippen LogP contribution in [0.2, 0.25) is 0 Å². The molecule has 0 atom stereocenters. The van der Waals surface area contributed by atoms with Crippen LogP contribution in [0.5, 0.6) is 0 Å². The highest BCUT2D eigenvalue weighted by Gasteiger charge is 2.35. The molecule has 2 aromatic heterocycles. The van der Waals surface area contributed by atoms with Gasteiger partial charge in [-0.05, 0) is 18.7 Å². The molecule has 0 radical (unpaired) electrons. The summed E-state index contributed by atoms with van der Waals surface area (Å²) in [5, 5.41) is 5.74. The van der Waals surface area contributed by atoms with Crippen molar-refractivity contribution >= 4 is 29.1 Å². The van der Waals surface area contributed by atoms with Gasteiger partial charge in [-0.25, -0.2) is 14.8 Å². The van der Waals surface area contributed by atoms with Crippen LogP contribution in [0.4, 0.5) is 13.2 Å². The molecule has 2 heterocycles. The third-order valence-corrected chi connectivity index (χ3v) is 3.89. The summed E-state index contributed by atoms with van der Waals surface area (Å²) in [7, 11) is 0. The van der Waals surface area contributed by atoms with Gasteiger partial charge in [-0.1, -0.05) is 11.3 Å². The van der Waals surface area contributed by atoms with Crippen molar-refractivity contribution in [3.05, 3.63) is 23.1 Å². The van der Waals surface area contributed by atoms with E-state index >= 15 is 0 Å². The lowest BCUT2D eigenvalue weighted by Crippen LogP contribution is -2.07. The maximum Gasteiger partial charge on any atom is 0.445 e. The zero-order valence-corrected chi connectivity index (χ0v) is 12.1. The third kappa shape index (κ3) is 4.11. The average Bonchev–Trinajstić information content (AvgIpc) is 2.88. The van der Waals surface area contributed by atoms with Gasteiger partial charge in [-0.2, -0.15) is 13.2 Å². The second-order valence-corrected chi connectivity index (χ2v) is 5.68. The van der Waals surface area contributed by atoms with Crippen molar-refractivity contribution in [2.45, 2.75) is 22.5 Å². The first-order valence-electron chi connectivity index (χ1n) is 5.48. The van der Waals surface area contributed by atoms with Gasteiger partial charge in [-0.3, -0.25) is 0 Å². The van der Waals surface area contributed by atoms with Gasteiger partial charge in [0.2, 0.25) is 5.01 Å². The van der Waals surface area contributed by atoms with Gasteiger partial charge in [0, 0.05) is 0 Å². The number of rotatable bonds is 4. The number of alkyl halides is 3. The number of carbonyl (C=O) groups excluding carboxylic acids is 1. The van der Waals surface area contributed by atoms with E-state index in [0.717, 1.165) is 11.8 Å². The van der Waals surface area contributed by atoms with Crippen LogP contribution in [-0.4, -0.2) is 32.7 Å². The first kappa shape index (κ1) is 15.6. The number of esters is 1. The van der Waals surface area contributed by atoms with Gasteiger partial charge in [0.05, 0.1) is 19.0 Å². The normalized spacial score (nSPS) is 11.4. The number of carbonyl (C=O) groups is 1. The van der Waals surface area contributed by atoms with Gasteiger partial charge >= 0.3 is 12.1 Å². The third-order valence-electron chi connectivity index (χ3n) is 1.95. The summed E-state index contributed by atoms with van der Waals surface area (Å²) in [6, 6.07) is 0. The van der Waals surface area contributed by atoms with E-state index in [1.165, 1.54) is 12.4 Å². The number of hydrogen-bond donors (Lipinski definition) is 0. The number of aromatic nitrogens is 4. The molecular formula is C10H7F3N4O2S2. The molecule has 0 unspecified atom stereocenters. The summed E-state index contributed by atoms with van der Waals surface area (Å²) < 4.78 is 41.9. The van der Waals surface area contributed by atoms with E-state index in [-0.39, 0.29) is 16.6 Å². The highest BCUT2D eigenvalue weighted by molar-refractivity contribution is 8.01. The Morgan fingerprint density at radius 3 is 2.62 bits per heavy atom. The van der Waals surface area contributed by atoms with Crippen molar-refractivity contribution in [2.75, 3.05) is 6.61 Å². The Kier molecular flexibility index (Phi) is 4.73. The predicted molar refractivity (Wildman–Crippen MR) is 67.0 cm³/mol. The fourth-order valence-electron chi connectivity index (χ4n) is 1.13. The number of hydrogen-bond acceptors (Lipinski definition) is 8. The van der Waals surface area contributed by atoms with Crippen LogP contribution >= 0.6 is 23.1 Å². The fourth-order valence-corrected chi connectivity index (χ4v) is 2.71. The van der Waals surface area contributed by atoms with Crippen LogP contribution in [0.25, 0.3) is 0 Å². The molecule has 21 heavy (non-hydrogen) atoms. The molecule has 0 fully saturated rings. The summed E-state index contributed by atoms with van der Waals surface area (Å²) in [6.45, 7) is 1.87. The number of nitrogens with zero attached hydrogens (tertiary/aromatic N) is 4. The minimum Gasteiger partial charge on any atom is -0.461 e. The molecule has 11 heteroatoms. The van der Waals surface area contributed by atoms with Crippen molar-refractivity contribution in [3.63, 3.8) is 0 Å². The molecule has 0 spiro atoms. The van der Waals surface area contributed by atoms with Crippen LogP contribution in [0, 0.1) is 0 Å². The predicted octanol–water partition coefficient (Wildman–Crippen LogP) is 2.67. The van der Waals surface area contributed by atoms with Gasteiger partial charge in [0.25, 0.3) is 0 Å². The van der Waals surface area contributed by atoms with Crippen molar-refractivity contribution in [1.29, 1.82) is 0 Å². The molecule has 2 aromatic rings. The van der Waals surface area contributed by atoms with Crippen LogP contribution in [-0.2, 0) is 10.9 Å².